The van der Waals surface area contributed by atoms with Gasteiger partial charge in [-0.1, -0.05) is 12.1 Å². The topological polar surface area (TPSA) is 90.0 Å². The molecule has 2 aromatic rings. The van der Waals surface area contributed by atoms with Gasteiger partial charge in [-0.05, 0) is 66.6 Å². The first-order valence-corrected chi connectivity index (χ1v) is 11.5. The van der Waals surface area contributed by atoms with Crippen LogP contribution in [-0.2, 0) is 16.1 Å². The normalized spacial score (nSPS) is 22.8. The Morgan fingerprint density at radius 3 is 2.21 bits per heavy atom. The van der Waals surface area contributed by atoms with Crippen LogP contribution in [0, 0.1) is 0 Å². The van der Waals surface area contributed by atoms with E-state index >= 15 is 0 Å². The van der Waals surface area contributed by atoms with E-state index in [1.165, 1.54) is 23.3 Å². The Kier molecular flexibility index (Phi) is 4.50. The molecule has 168 valence electrons. The molecule has 4 aliphatic rings. The standard InChI is InChI=1S/C25H24N4O4/c30-22-10-9-21(23(31)26-22)29-14-17-13-19(7-8-20(17)24(29)32)28-12-11-27(25(28)33)18-5-3-16(4-6-18)15-1-2-15/h3-8,13,15,21H,1-2,9-12,14H2,(H,26,30,31). The second kappa shape index (κ2) is 7.43. The van der Waals surface area contributed by atoms with Gasteiger partial charge >= 0.3 is 6.03 Å². The van der Waals surface area contributed by atoms with Crippen molar-refractivity contribution in [1.29, 1.82) is 0 Å². The highest BCUT2D eigenvalue weighted by Crippen LogP contribution is 2.40. The number of benzene rings is 2. The first-order valence-electron chi connectivity index (χ1n) is 11.5. The molecule has 1 N–H and O–H groups in total. The summed E-state index contributed by atoms with van der Waals surface area (Å²) in [4.78, 5) is 54.8. The summed E-state index contributed by atoms with van der Waals surface area (Å²) < 4.78 is 0. The third-order valence-electron chi connectivity index (χ3n) is 7.08. The summed E-state index contributed by atoms with van der Waals surface area (Å²) in [6.07, 6.45) is 3.05. The number of nitrogens with zero attached hydrogens (tertiary/aromatic N) is 3. The monoisotopic (exact) mass is 444 g/mol. The average Bonchev–Trinajstić information content (AvgIpc) is 3.52. The van der Waals surface area contributed by atoms with Crippen LogP contribution < -0.4 is 15.1 Å². The van der Waals surface area contributed by atoms with E-state index in [0.717, 1.165) is 16.9 Å². The summed E-state index contributed by atoms with van der Waals surface area (Å²) in [5.74, 6) is -0.262. The van der Waals surface area contributed by atoms with Crippen LogP contribution in [0.5, 0.6) is 0 Å². The van der Waals surface area contributed by atoms with Crippen molar-refractivity contribution in [3.63, 3.8) is 0 Å². The van der Waals surface area contributed by atoms with Crippen molar-refractivity contribution in [1.82, 2.24) is 10.2 Å². The molecule has 2 saturated heterocycles. The third kappa shape index (κ3) is 3.37. The van der Waals surface area contributed by atoms with Crippen molar-refractivity contribution in [2.75, 3.05) is 22.9 Å². The zero-order valence-electron chi connectivity index (χ0n) is 18.1. The summed E-state index contributed by atoms with van der Waals surface area (Å²) in [7, 11) is 0. The van der Waals surface area contributed by atoms with Crippen LogP contribution >= 0.6 is 0 Å². The highest BCUT2D eigenvalue weighted by atomic mass is 16.2. The van der Waals surface area contributed by atoms with E-state index in [-0.39, 0.29) is 24.3 Å². The fourth-order valence-electron chi connectivity index (χ4n) is 5.09. The lowest BCUT2D eigenvalue weighted by Gasteiger charge is -2.29. The first-order chi connectivity index (χ1) is 16.0. The van der Waals surface area contributed by atoms with E-state index in [9.17, 15) is 19.2 Å². The maximum absolute atomic E-state index is 13.2. The summed E-state index contributed by atoms with van der Waals surface area (Å²) in [6, 6.07) is 13.0. The summed E-state index contributed by atoms with van der Waals surface area (Å²) >= 11 is 0. The largest absolute Gasteiger partial charge is 0.329 e. The minimum absolute atomic E-state index is 0.0829. The average molecular weight is 444 g/mol. The quantitative estimate of drug-likeness (QED) is 0.735. The second-order valence-corrected chi connectivity index (χ2v) is 9.19. The lowest BCUT2D eigenvalue weighted by Crippen LogP contribution is -2.52. The molecular formula is C25H24N4O4. The molecule has 0 radical (unpaired) electrons. The molecule has 33 heavy (non-hydrogen) atoms. The van der Waals surface area contributed by atoms with E-state index in [0.29, 0.717) is 37.5 Å². The van der Waals surface area contributed by atoms with Crippen molar-refractivity contribution in [2.45, 2.75) is 44.2 Å². The molecule has 0 bridgehead atoms. The van der Waals surface area contributed by atoms with E-state index < -0.39 is 11.9 Å². The first kappa shape index (κ1) is 20.0. The molecule has 3 aliphatic heterocycles. The second-order valence-electron chi connectivity index (χ2n) is 9.19. The maximum atomic E-state index is 13.2. The predicted molar refractivity (Wildman–Crippen MR) is 121 cm³/mol. The molecule has 2 aromatic carbocycles. The van der Waals surface area contributed by atoms with Crippen LogP contribution in [-0.4, -0.2) is 47.8 Å². The summed E-state index contributed by atoms with van der Waals surface area (Å²) in [6.45, 7) is 1.45. The van der Waals surface area contributed by atoms with Crippen LogP contribution in [0.25, 0.3) is 0 Å². The molecule has 3 fully saturated rings. The van der Waals surface area contributed by atoms with E-state index in [4.69, 9.17) is 0 Å². The number of urea groups is 1. The summed E-state index contributed by atoms with van der Waals surface area (Å²) in [5, 5.41) is 2.32. The van der Waals surface area contributed by atoms with E-state index in [1.807, 2.05) is 18.2 Å². The van der Waals surface area contributed by atoms with Gasteiger partial charge in [0.15, 0.2) is 0 Å². The fourth-order valence-corrected chi connectivity index (χ4v) is 5.09. The van der Waals surface area contributed by atoms with Crippen LogP contribution in [0.2, 0.25) is 0 Å². The Hall–Kier alpha value is -3.68. The van der Waals surface area contributed by atoms with Gasteiger partial charge in [-0.2, -0.15) is 0 Å². The molecule has 8 heteroatoms. The number of imide groups is 1. The van der Waals surface area contributed by atoms with Crippen molar-refractivity contribution in [3.8, 4) is 0 Å². The zero-order chi connectivity index (χ0) is 22.7. The molecule has 1 aliphatic carbocycles. The highest BCUT2D eigenvalue weighted by Gasteiger charge is 2.40. The molecule has 1 saturated carbocycles. The Bertz CT molecular complexity index is 1190. The van der Waals surface area contributed by atoms with Gasteiger partial charge in [-0.15, -0.1) is 0 Å². The van der Waals surface area contributed by atoms with Crippen LogP contribution in [0.1, 0.15) is 53.1 Å². The number of hydrogen-bond donors (Lipinski definition) is 1. The number of hydrogen-bond acceptors (Lipinski definition) is 4. The number of carbonyl (C=O) groups excluding carboxylic acids is 4. The zero-order valence-corrected chi connectivity index (χ0v) is 18.1. The van der Waals surface area contributed by atoms with Gasteiger partial charge < -0.3 is 4.90 Å². The molecule has 1 unspecified atom stereocenters. The van der Waals surface area contributed by atoms with Gasteiger partial charge in [-0.3, -0.25) is 29.5 Å². The molecule has 0 aromatic heterocycles. The minimum atomic E-state index is -0.645. The van der Waals surface area contributed by atoms with E-state index in [1.54, 1.807) is 21.9 Å². The third-order valence-corrected chi connectivity index (χ3v) is 7.08. The lowest BCUT2D eigenvalue weighted by atomic mass is 10.0. The number of fused-ring (bicyclic) bond motifs is 1. The summed E-state index contributed by atoms with van der Waals surface area (Å²) in [5.41, 5.74) is 4.32. The smallest absolute Gasteiger partial charge is 0.322 e. The van der Waals surface area contributed by atoms with Gasteiger partial charge in [0.25, 0.3) is 5.91 Å². The number of nitrogens with one attached hydrogen (secondary N) is 1. The van der Waals surface area contributed by atoms with Crippen LogP contribution in [0.4, 0.5) is 16.2 Å². The highest BCUT2D eigenvalue weighted by molar-refractivity contribution is 6.08. The van der Waals surface area contributed by atoms with Crippen molar-refractivity contribution in [3.05, 3.63) is 59.2 Å². The van der Waals surface area contributed by atoms with Crippen LogP contribution in [0.15, 0.2) is 42.5 Å². The Balaban J connectivity index is 1.19. The number of amides is 5. The van der Waals surface area contributed by atoms with Crippen LogP contribution in [0.3, 0.4) is 0 Å². The van der Waals surface area contributed by atoms with E-state index in [2.05, 4.69) is 17.4 Å². The Morgan fingerprint density at radius 1 is 0.818 bits per heavy atom. The predicted octanol–water partition coefficient (Wildman–Crippen LogP) is 2.77. The van der Waals surface area contributed by atoms with Crippen molar-refractivity contribution < 1.29 is 19.2 Å². The van der Waals surface area contributed by atoms with Gasteiger partial charge in [-0.25, -0.2) is 4.79 Å². The Labute approximate surface area is 191 Å². The SMILES string of the molecule is O=C1CCC(N2Cc3cc(N4CCN(c5ccc(C6CC6)cc5)C4=O)ccc3C2=O)C(=O)N1. The number of anilines is 2. The molecule has 6 rings (SSSR count). The lowest BCUT2D eigenvalue weighted by molar-refractivity contribution is -0.136. The number of rotatable bonds is 4. The molecule has 5 amide bonds. The van der Waals surface area contributed by atoms with Gasteiger partial charge in [0.05, 0.1) is 0 Å². The van der Waals surface area contributed by atoms with Gasteiger partial charge in [0, 0.05) is 43.0 Å². The fraction of sp³-hybridized carbons (Fsp3) is 0.360. The number of piperidine rings is 1. The minimum Gasteiger partial charge on any atom is -0.322 e. The molecule has 0 spiro atoms. The molecule has 8 nitrogen and oxygen atoms in total. The van der Waals surface area contributed by atoms with Gasteiger partial charge in [0.2, 0.25) is 11.8 Å². The maximum Gasteiger partial charge on any atom is 0.329 e. The van der Waals surface area contributed by atoms with Crippen molar-refractivity contribution in [2.24, 2.45) is 0 Å². The van der Waals surface area contributed by atoms with Gasteiger partial charge in [0.1, 0.15) is 6.04 Å². The van der Waals surface area contributed by atoms with Crippen molar-refractivity contribution >= 4 is 35.1 Å². The Morgan fingerprint density at radius 2 is 1.52 bits per heavy atom. The molecular weight excluding hydrogens is 420 g/mol. The number of carbonyl (C=O) groups is 4. The molecule has 3 heterocycles. The molecule has 1 atom stereocenters.